The van der Waals surface area contributed by atoms with Crippen LogP contribution in [0, 0.1) is 6.92 Å². The summed E-state index contributed by atoms with van der Waals surface area (Å²) in [6.45, 7) is 4.18. The number of hydrogen-bond donors (Lipinski definition) is 2. The van der Waals surface area contributed by atoms with Crippen molar-refractivity contribution in [3.63, 3.8) is 0 Å². The second-order valence-corrected chi connectivity index (χ2v) is 8.42. The molecule has 0 aliphatic carbocycles. The molecule has 1 saturated heterocycles. The zero-order valence-corrected chi connectivity index (χ0v) is 18.4. The average Bonchev–Trinajstić information content (AvgIpc) is 3.26. The summed E-state index contributed by atoms with van der Waals surface area (Å²) < 4.78 is 0. The van der Waals surface area contributed by atoms with Gasteiger partial charge in [-0.2, -0.15) is 0 Å². The largest absolute Gasteiger partial charge is 0.370 e. The summed E-state index contributed by atoms with van der Waals surface area (Å²) in [5.41, 5.74) is 6.26. The van der Waals surface area contributed by atoms with Crippen molar-refractivity contribution in [1.82, 2.24) is 4.90 Å². The van der Waals surface area contributed by atoms with Gasteiger partial charge in [-0.1, -0.05) is 42.0 Å². The van der Waals surface area contributed by atoms with E-state index in [1.165, 1.54) is 17.7 Å². The van der Waals surface area contributed by atoms with Crippen molar-refractivity contribution in [2.45, 2.75) is 19.4 Å². The minimum Gasteiger partial charge on any atom is -0.370 e. The molecule has 2 amide bonds. The van der Waals surface area contributed by atoms with Gasteiger partial charge < -0.3 is 20.4 Å². The minimum atomic E-state index is -0.246. The Bertz CT molecular complexity index is 1010. The number of aryl methyl sites for hydroxylation is 1. The summed E-state index contributed by atoms with van der Waals surface area (Å²) >= 11 is 0. The molecule has 5 nitrogen and oxygen atoms in total. The molecule has 5 heteroatoms. The maximum Gasteiger partial charge on any atom is 0.323 e. The molecule has 3 aromatic carbocycles. The molecule has 1 atom stereocenters. The molecular weight excluding hydrogens is 384 g/mol. The van der Waals surface area contributed by atoms with Crippen LogP contribution >= 0.6 is 0 Å². The third-order valence-corrected chi connectivity index (χ3v) is 5.91. The van der Waals surface area contributed by atoms with Crippen LogP contribution in [0.1, 0.15) is 12.0 Å². The van der Waals surface area contributed by atoms with Crippen molar-refractivity contribution in [3.8, 4) is 11.1 Å². The molecular formula is C26H30N4O. The highest BCUT2D eigenvalue weighted by atomic mass is 16.2. The fourth-order valence-corrected chi connectivity index (χ4v) is 3.94. The first kappa shape index (κ1) is 20.9. The van der Waals surface area contributed by atoms with E-state index in [9.17, 15) is 4.79 Å². The lowest BCUT2D eigenvalue weighted by atomic mass is 10.0. The molecule has 0 bridgehead atoms. The Balaban J connectivity index is 1.32. The molecule has 0 radical (unpaired) electrons. The first-order chi connectivity index (χ1) is 15.0. The molecule has 31 heavy (non-hydrogen) atoms. The normalized spacial score (nSPS) is 15.9. The Morgan fingerprint density at radius 1 is 0.839 bits per heavy atom. The van der Waals surface area contributed by atoms with E-state index in [4.69, 9.17) is 0 Å². The molecule has 1 heterocycles. The van der Waals surface area contributed by atoms with Crippen LogP contribution in [-0.4, -0.2) is 44.2 Å². The predicted molar refractivity (Wildman–Crippen MR) is 130 cm³/mol. The van der Waals surface area contributed by atoms with Crippen molar-refractivity contribution in [2.24, 2.45) is 0 Å². The van der Waals surface area contributed by atoms with Gasteiger partial charge in [-0.25, -0.2) is 4.79 Å². The number of carbonyl (C=O) groups excluding carboxylic acids is 1. The van der Waals surface area contributed by atoms with E-state index >= 15 is 0 Å². The Hall–Kier alpha value is -3.31. The number of likely N-dealkylation sites (N-methyl/N-ethyl adjacent to an activating group) is 1. The van der Waals surface area contributed by atoms with E-state index in [2.05, 4.69) is 77.9 Å². The topological polar surface area (TPSA) is 47.6 Å². The first-order valence-electron chi connectivity index (χ1n) is 10.7. The lowest BCUT2D eigenvalue weighted by molar-refractivity contribution is 0.262. The fourth-order valence-electron chi connectivity index (χ4n) is 3.94. The van der Waals surface area contributed by atoms with E-state index in [-0.39, 0.29) is 6.03 Å². The van der Waals surface area contributed by atoms with Crippen molar-refractivity contribution < 1.29 is 4.79 Å². The minimum absolute atomic E-state index is 0.246. The van der Waals surface area contributed by atoms with E-state index < -0.39 is 0 Å². The van der Waals surface area contributed by atoms with Crippen LogP contribution in [0.15, 0.2) is 72.8 Å². The Labute approximate surface area is 184 Å². The molecule has 4 rings (SSSR count). The smallest absolute Gasteiger partial charge is 0.323 e. The lowest BCUT2D eigenvalue weighted by Gasteiger charge is -2.22. The molecule has 3 aromatic rings. The number of hydrogen-bond acceptors (Lipinski definition) is 3. The van der Waals surface area contributed by atoms with Crippen LogP contribution in [0.5, 0.6) is 0 Å². The second-order valence-electron chi connectivity index (χ2n) is 8.42. The molecule has 1 unspecified atom stereocenters. The highest BCUT2D eigenvalue weighted by Crippen LogP contribution is 2.24. The summed E-state index contributed by atoms with van der Waals surface area (Å²) in [5.74, 6) is 0. The van der Waals surface area contributed by atoms with Gasteiger partial charge in [-0.15, -0.1) is 0 Å². The Kier molecular flexibility index (Phi) is 6.23. The molecule has 160 valence electrons. The van der Waals surface area contributed by atoms with Crippen LogP contribution in [0.3, 0.4) is 0 Å². The van der Waals surface area contributed by atoms with Gasteiger partial charge in [0, 0.05) is 36.2 Å². The third kappa shape index (κ3) is 5.25. The van der Waals surface area contributed by atoms with E-state index in [0.29, 0.717) is 6.04 Å². The number of nitrogens with one attached hydrogen (secondary N) is 2. The monoisotopic (exact) mass is 414 g/mol. The fraction of sp³-hybridized carbons (Fsp3) is 0.269. The number of urea groups is 1. The predicted octanol–water partition coefficient (Wildman–Crippen LogP) is 5.45. The van der Waals surface area contributed by atoms with Crippen LogP contribution in [0.2, 0.25) is 0 Å². The number of amides is 2. The van der Waals surface area contributed by atoms with E-state index in [1.807, 2.05) is 36.4 Å². The molecule has 0 spiro atoms. The Morgan fingerprint density at radius 3 is 1.87 bits per heavy atom. The van der Waals surface area contributed by atoms with Crippen molar-refractivity contribution >= 4 is 23.1 Å². The molecule has 1 fully saturated rings. The quantitative estimate of drug-likeness (QED) is 0.584. The highest BCUT2D eigenvalue weighted by molar-refractivity contribution is 6.00. The van der Waals surface area contributed by atoms with Gasteiger partial charge in [0.1, 0.15) is 0 Å². The van der Waals surface area contributed by atoms with Crippen LogP contribution in [0.25, 0.3) is 11.1 Å². The summed E-state index contributed by atoms with van der Waals surface area (Å²) in [7, 11) is 4.27. The molecule has 1 aliphatic heterocycles. The van der Waals surface area contributed by atoms with Crippen molar-refractivity contribution in [1.29, 1.82) is 0 Å². The number of rotatable bonds is 5. The number of carbonyl (C=O) groups is 1. The molecule has 1 aliphatic rings. The molecule has 2 N–H and O–H groups in total. The first-order valence-corrected chi connectivity index (χ1v) is 10.7. The summed E-state index contributed by atoms with van der Waals surface area (Å²) in [6.07, 6.45) is 1.18. The average molecular weight is 415 g/mol. The SMILES string of the molecule is Cc1ccc(-c2ccc(NC(=O)Nc3ccc(N4CCC(N(C)C)C4)cc3)cc2)cc1. The zero-order valence-electron chi connectivity index (χ0n) is 18.4. The van der Waals surface area contributed by atoms with Gasteiger partial charge in [-0.05, 0) is 75.0 Å². The third-order valence-electron chi connectivity index (χ3n) is 5.91. The Morgan fingerprint density at radius 2 is 1.35 bits per heavy atom. The molecule has 0 aromatic heterocycles. The van der Waals surface area contributed by atoms with Gasteiger partial charge in [-0.3, -0.25) is 0 Å². The standard InChI is InChI=1S/C26H30N4O/c1-19-4-6-20(7-5-19)21-8-10-22(11-9-21)27-26(31)28-23-12-14-24(15-13-23)30-17-16-25(18-30)29(2)3/h4-15,25H,16-18H2,1-3H3,(H2,27,28,31). The summed E-state index contributed by atoms with van der Waals surface area (Å²) in [5, 5.41) is 5.81. The van der Waals surface area contributed by atoms with Crippen LogP contribution < -0.4 is 15.5 Å². The van der Waals surface area contributed by atoms with Gasteiger partial charge >= 0.3 is 6.03 Å². The molecule has 0 saturated carbocycles. The lowest BCUT2D eigenvalue weighted by Crippen LogP contribution is -2.31. The number of anilines is 3. The van der Waals surface area contributed by atoms with Gasteiger partial charge in [0.25, 0.3) is 0 Å². The number of benzene rings is 3. The summed E-state index contributed by atoms with van der Waals surface area (Å²) in [6, 6.07) is 24.7. The number of nitrogens with zero attached hydrogens (tertiary/aromatic N) is 2. The zero-order chi connectivity index (χ0) is 21.8. The highest BCUT2D eigenvalue weighted by Gasteiger charge is 2.23. The van der Waals surface area contributed by atoms with Crippen molar-refractivity contribution in [3.05, 3.63) is 78.4 Å². The maximum absolute atomic E-state index is 12.4. The van der Waals surface area contributed by atoms with Gasteiger partial charge in [0.15, 0.2) is 0 Å². The van der Waals surface area contributed by atoms with E-state index in [1.54, 1.807) is 0 Å². The van der Waals surface area contributed by atoms with Crippen molar-refractivity contribution in [2.75, 3.05) is 42.7 Å². The summed E-state index contributed by atoms with van der Waals surface area (Å²) in [4.78, 5) is 17.1. The van der Waals surface area contributed by atoms with Gasteiger partial charge in [0.2, 0.25) is 0 Å². The van der Waals surface area contributed by atoms with Crippen LogP contribution in [-0.2, 0) is 0 Å². The van der Waals surface area contributed by atoms with E-state index in [0.717, 1.165) is 35.6 Å². The van der Waals surface area contributed by atoms with Crippen LogP contribution in [0.4, 0.5) is 21.9 Å². The maximum atomic E-state index is 12.4. The van der Waals surface area contributed by atoms with Gasteiger partial charge in [0.05, 0.1) is 0 Å². The second kappa shape index (κ2) is 9.23.